The highest BCUT2D eigenvalue weighted by molar-refractivity contribution is 7.88. The number of oxime groups is 1. The number of piperidine rings is 1. The van der Waals surface area contributed by atoms with Crippen molar-refractivity contribution in [2.75, 3.05) is 19.3 Å². The van der Waals surface area contributed by atoms with E-state index in [1.165, 1.54) is 10.6 Å². The number of nitrogens with zero attached hydrogens (tertiary/aromatic N) is 2. The van der Waals surface area contributed by atoms with Crippen molar-refractivity contribution in [1.29, 1.82) is 0 Å². The van der Waals surface area contributed by atoms with Crippen molar-refractivity contribution in [1.82, 2.24) is 9.62 Å². The monoisotopic (exact) mass is 317 g/mol. The third kappa shape index (κ3) is 4.16. The number of carbonyl (C=O) groups excluding carboxylic acids is 1. The number of nitrogens with one attached hydrogen (secondary N) is 1. The molecule has 0 aliphatic carbocycles. The third-order valence-electron chi connectivity index (χ3n) is 3.92. The Morgan fingerprint density at radius 2 is 2.00 bits per heavy atom. The summed E-state index contributed by atoms with van der Waals surface area (Å²) < 4.78 is 24.3. The van der Waals surface area contributed by atoms with Crippen LogP contribution in [0.1, 0.15) is 33.1 Å². The molecule has 2 aliphatic heterocycles. The third-order valence-corrected chi connectivity index (χ3v) is 5.22. The van der Waals surface area contributed by atoms with Gasteiger partial charge in [-0.1, -0.05) is 19.0 Å². The molecular formula is C13H23N3O4S. The zero-order chi connectivity index (χ0) is 15.6. The normalized spacial score (nSPS) is 24.8. The van der Waals surface area contributed by atoms with Crippen LogP contribution < -0.4 is 5.32 Å². The minimum absolute atomic E-state index is 0.00204. The van der Waals surface area contributed by atoms with Gasteiger partial charge in [0.25, 0.3) is 5.91 Å². The summed E-state index contributed by atoms with van der Waals surface area (Å²) in [7, 11) is -3.13. The van der Waals surface area contributed by atoms with E-state index in [4.69, 9.17) is 4.84 Å². The smallest absolute Gasteiger partial charge is 0.264 e. The number of carbonyl (C=O) groups is 1. The molecule has 1 amide bonds. The Morgan fingerprint density at radius 1 is 1.38 bits per heavy atom. The van der Waals surface area contributed by atoms with E-state index in [-0.39, 0.29) is 17.9 Å². The molecule has 0 radical (unpaired) electrons. The van der Waals surface area contributed by atoms with E-state index in [2.05, 4.69) is 10.5 Å². The molecule has 21 heavy (non-hydrogen) atoms. The van der Waals surface area contributed by atoms with Crippen LogP contribution in [-0.2, 0) is 19.7 Å². The Bertz CT molecular complexity index is 522. The van der Waals surface area contributed by atoms with E-state index in [1.54, 1.807) is 0 Å². The highest BCUT2D eigenvalue weighted by Gasteiger charge is 2.32. The van der Waals surface area contributed by atoms with Crippen molar-refractivity contribution in [2.45, 2.75) is 45.3 Å². The van der Waals surface area contributed by atoms with Crippen molar-refractivity contribution in [3.05, 3.63) is 0 Å². The Morgan fingerprint density at radius 3 is 2.48 bits per heavy atom. The first kappa shape index (κ1) is 16.2. The van der Waals surface area contributed by atoms with Crippen LogP contribution in [0.5, 0.6) is 0 Å². The first-order chi connectivity index (χ1) is 9.77. The van der Waals surface area contributed by atoms with Crippen LogP contribution in [-0.4, -0.2) is 55.8 Å². The molecule has 2 rings (SSSR count). The molecule has 0 aromatic heterocycles. The molecule has 0 spiro atoms. The van der Waals surface area contributed by atoms with E-state index in [1.807, 2.05) is 13.8 Å². The van der Waals surface area contributed by atoms with Gasteiger partial charge < -0.3 is 10.2 Å². The van der Waals surface area contributed by atoms with Crippen molar-refractivity contribution in [3.8, 4) is 0 Å². The van der Waals surface area contributed by atoms with Gasteiger partial charge in [0.15, 0.2) is 0 Å². The van der Waals surface area contributed by atoms with Gasteiger partial charge in [0.05, 0.1) is 12.0 Å². The van der Waals surface area contributed by atoms with Crippen molar-refractivity contribution in [2.24, 2.45) is 11.1 Å². The fourth-order valence-corrected chi connectivity index (χ4v) is 3.38. The average molecular weight is 317 g/mol. The second-order valence-corrected chi connectivity index (χ2v) is 7.96. The molecule has 0 bridgehead atoms. The van der Waals surface area contributed by atoms with Crippen molar-refractivity contribution < 1.29 is 18.0 Å². The lowest BCUT2D eigenvalue weighted by Gasteiger charge is -2.30. The standard InChI is InChI=1S/C13H23N3O4S/c1-9(2)11-8-12(20-15-11)13(17)14-10-4-6-16(7-5-10)21(3,18)19/h9-10,12H,4-8H2,1-3H3,(H,14,17)/t12-/m1/s1. The molecule has 1 N–H and O–H groups in total. The quantitative estimate of drug-likeness (QED) is 0.809. The van der Waals surface area contributed by atoms with Gasteiger partial charge in [0.2, 0.25) is 16.1 Å². The Balaban J connectivity index is 1.78. The molecule has 1 fully saturated rings. The van der Waals surface area contributed by atoms with Gasteiger partial charge in [-0.15, -0.1) is 0 Å². The maximum absolute atomic E-state index is 12.1. The SMILES string of the molecule is CC(C)C1=NO[C@@H](C(=O)NC2CCN(S(C)(=O)=O)CC2)C1. The van der Waals surface area contributed by atoms with Crippen LogP contribution in [0.2, 0.25) is 0 Å². The maximum atomic E-state index is 12.1. The average Bonchev–Trinajstić information content (AvgIpc) is 2.88. The summed E-state index contributed by atoms with van der Waals surface area (Å²) >= 11 is 0. The Labute approximate surface area is 125 Å². The molecule has 7 nitrogen and oxygen atoms in total. The van der Waals surface area contributed by atoms with E-state index in [9.17, 15) is 13.2 Å². The van der Waals surface area contributed by atoms with Crippen LogP contribution in [0, 0.1) is 5.92 Å². The highest BCUT2D eigenvalue weighted by Crippen LogP contribution is 2.18. The van der Waals surface area contributed by atoms with Crippen LogP contribution in [0.15, 0.2) is 5.16 Å². The second kappa shape index (κ2) is 6.31. The molecule has 2 aliphatic rings. The Kier molecular flexibility index (Phi) is 4.88. The Hall–Kier alpha value is -1.15. The van der Waals surface area contributed by atoms with Gasteiger partial charge in [-0.2, -0.15) is 0 Å². The molecule has 0 aromatic rings. The van der Waals surface area contributed by atoms with E-state index in [0.717, 1.165) is 5.71 Å². The van der Waals surface area contributed by atoms with E-state index in [0.29, 0.717) is 32.4 Å². The van der Waals surface area contributed by atoms with Crippen molar-refractivity contribution in [3.63, 3.8) is 0 Å². The summed E-state index contributed by atoms with van der Waals surface area (Å²) in [6.07, 6.45) is 2.46. The number of sulfonamides is 1. The second-order valence-electron chi connectivity index (χ2n) is 5.98. The summed E-state index contributed by atoms with van der Waals surface area (Å²) in [5, 5.41) is 6.88. The highest BCUT2D eigenvalue weighted by atomic mass is 32.2. The molecule has 0 saturated carbocycles. The predicted molar refractivity (Wildman–Crippen MR) is 79.3 cm³/mol. The maximum Gasteiger partial charge on any atom is 0.264 e. The first-order valence-corrected chi connectivity index (χ1v) is 9.10. The molecule has 8 heteroatoms. The largest absolute Gasteiger partial charge is 0.382 e. The van der Waals surface area contributed by atoms with Gasteiger partial charge in [-0.05, 0) is 18.8 Å². The van der Waals surface area contributed by atoms with Gasteiger partial charge in [-0.3, -0.25) is 4.79 Å². The first-order valence-electron chi connectivity index (χ1n) is 7.25. The van der Waals surface area contributed by atoms with Gasteiger partial charge >= 0.3 is 0 Å². The van der Waals surface area contributed by atoms with Gasteiger partial charge in [0.1, 0.15) is 0 Å². The van der Waals surface area contributed by atoms with Crippen molar-refractivity contribution >= 4 is 21.6 Å². The van der Waals surface area contributed by atoms with E-state index >= 15 is 0 Å². The minimum Gasteiger partial charge on any atom is -0.382 e. The summed E-state index contributed by atoms with van der Waals surface area (Å²) in [5.74, 6) is 0.119. The van der Waals surface area contributed by atoms with Crippen LogP contribution in [0.25, 0.3) is 0 Å². The molecule has 120 valence electrons. The molecule has 0 unspecified atom stereocenters. The van der Waals surface area contributed by atoms with Gasteiger partial charge in [0, 0.05) is 25.6 Å². The topological polar surface area (TPSA) is 88.1 Å². The predicted octanol–water partition coefficient (Wildman–Crippen LogP) is 0.328. The zero-order valence-electron chi connectivity index (χ0n) is 12.7. The lowest BCUT2D eigenvalue weighted by Crippen LogP contribution is -2.48. The number of hydrogen-bond donors (Lipinski definition) is 1. The molecular weight excluding hydrogens is 294 g/mol. The minimum atomic E-state index is -3.13. The number of rotatable bonds is 4. The number of hydrogen-bond acceptors (Lipinski definition) is 5. The lowest BCUT2D eigenvalue weighted by atomic mass is 10.0. The van der Waals surface area contributed by atoms with Gasteiger partial charge in [-0.25, -0.2) is 12.7 Å². The lowest BCUT2D eigenvalue weighted by molar-refractivity contribution is -0.132. The summed E-state index contributed by atoms with van der Waals surface area (Å²) in [6, 6.07) is 0.00204. The van der Waals surface area contributed by atoms with Crippen LogP contribution >= 0.6 is 0 Å². The summed E-state index contributed by atoms with van der Waals surface area (Å²) in [6.45, 7) is 4.93. The fourth-order valence-electron chi connectivity index (χ4n) is 2.50. The van der Waals surface area contributed by atoms with E-state index < -0.39 is 16.1 Å². The van der Waals surface area contributed by atoms with Crippen LogP contribution in [0.4, 0.5) is 0 Å². The van der Waals surface area contributed by atoms with Crippen LogP contribution in [0.3, 0.4) is 0 Å². The summed E-state index contributed by atoms with van der Waals surface area (Å²) in [4.78, 5) is 17.3. The molecule has 2 heterocycles. The molecule has 1 saturated heterocycles. The summed E-state index contributed by atoms with van der Waals surface area (Å²) in [5.41, 5.74) is 0.905. The fraction of sp³-hybridized carbons (Fsp3) is 0.846. The molecule has 0 aromatic carbocycles. The number of amides is 1. The zero-order valence-corrected chi connectivity index (χ0v) is 13.5. The molecule has 1 atom stereocenters.